The molecule has 0 aliphatic heterocycles. The van der Waals surface area contributed by atoms with E-state index < -0.39 is 78.6 Å². The second-order valence-corrected chi connectivity index (χ2v) is 9.33. The highest BCUT2D eigenvalue weighted by atomic mass is 35.5. The van der Waals surface area contributed by atoms with E-state index in [9.17, 15) is 49.1 Å². The van der Waals surface area contributed by atoms with Crippen molar-refractivity contribution < 1.29 is 49.1 Å². The summed E-state index contributed by atoms with van der Waals surface area (Å²) in [6, 6.07) is 3.98. The molecule has 1 amide bonds. The van der Waals surface area contributed by atoms with Crippen molar-refractivity contribution in [2.75, 3.05) is 6.54 Å². The number of ketones is 1. The number of rotatable bonds is 9. The summed E-state index contributed by atoms with van der Waals surface area (Å²) in [5, 5.41) is 1.31. The number of Topliss-reactive ketones (excluding diaryl/α,β-unsaturated/α-hetero) is 1. The van der Waals surface area contributed by atoms with E-state index in [0.29, 0.717) is 12.1 Å². The van der Waals surface area contributed by atoms with Gasteiger partial charge in [0.05, 0.1) is 38.5 Å². The van der Waals surface area contributed by atoms with Crippen LogP contribution in [0.25, 0.3) is 6.08 Å². The minimum Gasteiger partial charge on any atom is -0.352 e. The molecule has 0 saturated carbocycles. The molecule has 1 unspecified atom stereocenters. The molecule has 15 heteroatoms. The monoisotopic (exact) mass is 627 g/mol. The Morgan fingerprint density at radius 1 is 0.872 bits per heavy atom. The number of hydrogen-bond acceptors (Lipinski definition) is 2. The van der Waals surface area contributed by atoms with E-state index in [-0.39, 0.29) is 20.6 Å². The molecule has 0 aliphatic carbocycles. The molecule has 214 valence electrons. The van der Waals surface area contributed by atoms with E-state index in [1.54, 1.807) is 0 Å². The van der Waals surface area contributed by atoms with Gasteiger partial charge in [0.1, 0.15) is 5.78 Å². The Labute approximate surface area is 230 Å². The molecule has 0 spiro atoms. The zero-order chi connectivity index (χ0) is 29.8. The number of alkyl halides is 9. The summed E-state index contributed by atoms with van der Waals surface area (Å²) in [4.78, 5) is 23.8. The van der Waals surface area contributed by atoms with E-state index in [2.05, 4.69) is 0 Å². The van der Waals surface area contributed by atoms with Crippen LogP contribution >= 0.6 is 34.8 Å². The molecular formula is C24H17Cl3F9NO2. The molecule has 2 rings (SSSR count). The van der Waals surface area contributed by atoms with Crippen molar-refractivity contribution in [2.24, 2.45) is 0 Å². The molecule has 0 bridgehead atoms. The highest BCUT2D eigenvalue weighted by Gasteiger charge is 2.40. The molecule has 0 aromatic heterocycles. The minimum absolute atomic E-state index is 0.179. The molecule has 2 aromatic carbocycles. The van der Waals surface area contributed by atoms with Crippen LogP contribution in [0.3, 0.4) is 0 Å². The summed E-state index contributed by atoms with van der Waals surface area (Å²) in [6.45, 7) is -0.520. The van der Waals surface area contributed by atoms with Crippen molar-refractivity contribution in [3.63, 3.8) is 0 Å². The predicted molar refractivity (Wildman–Crippen MR) is 128 cm³/mol. The molecule has 0 radical (unpaired) electrons. The maximum Gasteiger partial charge on any atom is 0.417 e. The van der Waals surface area contributed by atoms with Crippen molar-refractivity contribution in [1.29, 1.82) is 0 Å². The van der Waals surface area contributed by atoms with E-state index in [0.717, 1.165) is 30.3 Å². The first-order chi connectivity index (χ1) is 17.8. The fraction of sp³-hybridized carbons (Fsp3) is 0.333. The van der Waals surface area contributed by atoms with Gasteiger partial charge < -0.3 is 5.32 Å². The lowest BCUT2D eigenvalue weighted by Crippen LogP contribution is -2.28. The van der Waals surface area contributed by atoms with Crippen molar-refractivity contribution >= 4 is 52.6 Å². The van der Waals surface area contributed by atoms with Gasteiger partial charge in [0.15, 0.2) is 0 Å². The second kappa shape index (κ2) is 12.8. The van der Waals surface area contributed by atoms with Crippen LogP contribution in [-0.4, -0.2) is 30.6 Å². The number of hydrogen-bond donors (Lipinski definition) is 1. The molecular weight excluding hydrogens is 612 g/mol. The van der Waals surface area contributed by atoms with Crippen LogP contribution in [0.1, 0.15) is 52.2 Å². The SMILES string of the molecule is O=C(CCNC(=O)c1ccc(/C=C/C(c2cc(Cl)c(Cl)c(Cl)c2)C(F)(F)F)cc1C(F)(F)F)CCC(F)(F)F. The first-order valence-corrected chi connectivity index (χ1v) is 11.9. The van der Waals surface area contributed by atoms with Crippen molar-refractivity contribution in [3.8, 4) is 0 Å². The average Bonchev–Trinajstić information content (AvgIpc) is 2.79. The van der Waals surface area contributed by atoms with E-state index >= 15 is 0 Å². The predicted octanol–water partition coefficient (Wildman–Crippen LogP) is 9.06. The average molecular weight is 629 g/mol. The van der Waals surface area contributed by atoms with Crippen molar-refractivity contribution in [3.05, 3.63) is 73.7 Å². The number of amides is 1. The van der Waals surface area contributed by atoms with E-state index in [1.807, 2.05) is 5.32 Å². The third-order valence-electron chi connectivity index (χ3n) is 5.17. The molecule has 39 heavy (non-hydrogen) atoms. The van der Waals surface area contributed by atoms with Crippen LogP contribution in [0.4, 0.5) is 39.5 Å². The zero-order valence-corrected chi connectivity index (χ0v) is 21.6. The first kappa shape index (κ1) is 32.8. The number of allylic oxidation sites excluding steroid dienone is 1. The summed E-state index contributed by atoms with van der Waals surface area (Å²) in [7, 11) is 0. The lowest BCUT2D eigenvalue weighted by atomic mass is 9.96. The maximum absolute atomic E-state index is 13.7. The molecule has 1 atom stereocenters. The van der Waals surface area contributed by atoms with Gasteiger partial charge in [-0.25, -0.2) is 0 Å². The largest absolute Gasteiger partial charge is 0.417 e. The van der Waals surface area contributed by atoms with Crippen molar-refractivity contribution in [2.45, 2.75) is 43.7 Å². The summed E-state index contributed by atoms with van der Waals surface area (Å²) < 4.78 is 119. The fourth-order valence-corrected chi connectivity index (χ4v) is 3.90. The van der Waals surface area contributed by atoms with Crippen LogP contribution in [-0.2, 0) is 11.0 Å². The number of carbonyl (C=O) groups excluding carboxylic acids is 2. The highest BCUT2D eigenvalue weighted by molar-refractivity contribution is 6.48. The summed E-state index contributed by atoms with van der Waals surface area (Å²) in [6.07, 6.45) is -16.0. The van der Waals surface area contributed by atoms with Gasteiger partial charge in [0.2, 0.25) is 0 Å². The number of halogens is 12. The second-order valence-electron chi connectivity index (χ2n) is 8.14. The van der Waals surface area contributed by atoms with E-state index in [4.69, 9.17) is 34.8 Å². The Kier molecular flexibility index (Phi) is 10.8. The third kappa shape index (κ3) is 9.91. The Morgan fingerprint density at radius 3 is 1.97 bits per heavy atom. The molecule has 0 saturated heterocycles. The maximum atomic E-state index is 13.7. The standard InChI is InChI=1S/C24H17Cl3F9NO2/c25-18-10-13(11-19(26)20(18)27)16(23(31,32)33)4-2-12-1-3-15(17(9-12)24(34,35)36)21(39)37-8-6-14(38)5-7-22(28,29)30/h1-4,9-11,16H,5-8H2,(H,37,39)/b4-2+. The van der Waals surface area contributed by atoms with Gasteiger partial charge in [-0.2, -0.15) is 39.5 Å². The molecule has 0 fully saturated rings. The van der Waals surface area contributed by atoms with Crippen LogP contribution in [0.2, 0.25) is 15.1 Å². The molecule has 0 aliphatic rings. The Morgan fingerprint density at radius 2 is 1.46 bits per heavy atom. The molecule has 3 nitrogen and oxygen atoms in total. The van der Waals surface area contributed by atoms with Gasteiger partial charge in [-0.1, -0.05) is 53.0 Å². The summed E-state index contributed by atoms with van der Waals surface area (Å²) in [5.41, 5.74) is -3.13. The van der Waals surface area contributed by atoms with Crippen LogP contribution in [0, 0.1) is 0 Å². The van der Waals surface area contributed by atoms with Crippen molar-refractivity contribution in [1.82, 2.24) is 5.32 Å². The van der Waals surface area contributed by atoms with Gasteiger partial charge in [-0.3, -0.25) is 9.59 Å². The highest BCUT2D eigenvalue weighted by Crippen LogP contribution is 2.41. The zero-order valence-electron chi connectivity index (χ0n) is 19.3. The van der Waals surface area contributed by atoms with Gasteiger partial charge >= 0.3 is 18.5 Å². The first-order valence-electron chi connectivity index (χ1n) is 10.8. The third-order valence-corrected chi connectivity index (χ3v) is 6.37. The molecule has 0 heterocycles. The van der Waals surface area contributed by atoms with Gasteiger partial charge in [0.25, 0.3) is 5.91 Å². The summed E-state index contributed by atoms with van der Waals surface area (Å²) in [5.74, 6) is -4.45. The summed E-state index contributed by atoms with van der Waals surface area (Å²) >= 11 is 17.4. The number of nitrogens with one attached hydrogen (secondary N) is 1. The topological polar surface area (TPSA) is 46.2 Å². The Balaban J connectivity index is 2.27. The molecule has 2 aromatic rings. The van der Waals surface area contributed by atoms with Crippen LogP contribution < -0.4 is 5.32 Å². The van der Waals surface area contributed by atoms with Gasteiger partial charge in [0, 0.05) is 19.4 Å². The number of carbonyl (C=O) groups is 2. The minimum atomic E-state index is -5.10. The van der Waals surface area contributed by atoms with Crippen LogP contribution in [0.15, 0.2) is 36.4 Å². The number of benzene rings is 2. The smallest absolute Gasteiger partial charge is 0.352 e. The normalized spacial score (nSPS) is 13.5. The van der Waals surface area contributed by atoms with E-state index in [1.165, 1.54) is 0 Å². The Hall–Kier alpha value is -2.44. The lowest BCUT2D eigenvalue weighted by Gasteiger charge is -2.19. The fourth-order valence-electron chi connectivity index (χ4n) is 3.29. The van der Waals surface area contributed by atoms with Crippen LogP contribution in [0.5, 0.6) is 0 Å². The van der Waals surface area contributed by atoms with Gasteiger partial charge in [-0.05, 0) is 35.4 Å². The molecule has 1 N–H and O–H groups in total. The Bertz CT molecular complexity index is 1220. The van der Waals surface area contributed by atoms with Gasteiger partial charge in [-0.15, -0.1) is 0 Å². The lowest BCUT2D eigenvalue weighted by molar-refractivity contribution is -0.143. The quantitative estimate of drug-likeness (QED) is 0.223.